The van der Waals surface area contributed by atoms with Crippen molar-refractivity contribution >= 4 is 5.91 Å². The summed E-state index contributed by atoms with van der Waals surface area (Å²) in [6, 6.07) is -0.263. The number of aromatic amines is 1. The molecule has 0 aliphatic carbocycles. The first-order valence-electron chi connectivity index (χ1n) is 4.89. The Kier molecular flexibility index (Phi) is 3.86. The first-order valence-corrected chi connectivity index (χ1v) is 4.89. The molecule has 15 heavy (non-hydrogen) atoms. The van der Waals surface area contributed by atoms with Gasteiger partial charge in [0.15, 0.2) is 0 Å². The third-order valence-corrected chi connectivity index (χ3v) is 1.98. The third-order valence-electron chi connectivity index (χ3n) is 1.98. The number of carbonyl (C=O) groups excluding carboxylic acids is 1. The molecule has 1 rings (SSSR count). The van der Waals surface area contributed by atoms with Crippen molar-refractivity contribution in [1.82, 2.24) is 20.5 Å². The van der Waals surface area contributed by atoms with Crippen molar-refractivity contribution in [2.75, 3.05) is 0 Å². The summed E-state index contributed by atoms with van der Waals surface area (Å²) in [5, 5.41) is 9.11. The largest absolute Gasteiger partial charge is 0.336 e. The molecule has 0 saturated carbocycles. The molecule has 0 aliphatic rings. The van der Waals surface area contributed by atoms with E-state index in [1.807, 2.05) is 13.8 Å². The quantitative estimate of drug-likeness (QED) is 0.705. The van der Waals surface area contributed by atoms with Crippen LogP contribution >= 0.6 is 0 Å². The Hall–Kier alpha value is -1.83. The molecule has 1 amide bonds. The number of nitrogens with one attached hydrogen (secondary N) is 2. The van der Waals surface area contributed by atoms with Gasteiger partial charge in [0.25, 0.3) is 5.91 Å². The van der Waals surface area contributed by atoms with Gasteiger partial charge < -0.3 is 5.32 Å². The predicted molar refractivity (Wildman–Crippen MR) is 56.1 cm³/mol. The van der Waals surface area contributed by atoms with E-state index in [9.17, 15) is 4.79 Å². The van der Waals surface area contributed by atoms with E-state index in [1.54, 1.807) is 0 Å². The second kappa shape index (κ2) is 5.15. The van der Waals surface area contributed by atoms with Gasteiger partial charge >= 0.3 is 0 Å². The molecule has 0 aromatic carbocycles. The van der Waals surface area contributed by atoms with Crippen molar-refractivity contribution in [3.8, 4) is 12.3 Å². The van der Waals surface area contributed by atoms with Crippen LogP contribution < -0.4 is 5.32 Å². The van der Waals surface area contributed by atoms with E-state index >= 15 is 0 Å². The molecule has 2 N–H and O–H groups in total. The highest BCUT2D eigenvalue weighted by Gasteiger charge is 2.14. The van der Waals surface area contributed by atoms with Crippen molar-refractivity contribution in [2.45, 2.75) is 32.7 Å². The van der Waals surface area contributed by atoms with Gasteiger partial charge in [-0.05, 0) is 6.42 Å². The summed E-state index contributed by atoms with van der Waals surface area (Å²) in [7, 11) is 0. The summed E-state index contributed by atoms with van der Waals surface area (Å²) < 4.78 is 0. The number of rotatable bonds is 4. The lowest BCUT2D eigenvalue weighted by atomic mass is 10.2. The van der Waals surface area contributed by atoms with Crippen molar-refractivity contribution < 1.29 is 4.79 Å². The molecule has 1 aromatic rings. The van der Waals surface area contributed by atoms with E-state index in [2.05, 4.69) is 26.4 Å². The van der Waals surface area contributed by atoms with E-state index in [-0.39, 0.29) is 17.8 Å². The van der Waals surface area contributed by atoms with Gasteiger partial charge in [0.2, 0.25) is 5.82 Å². The first kappa shape index (κ1) is 11.2. The third kappa shape index (κ3) is 2.81. The Morgan fingerprint density at radius 3 is 2.87 bits per heavy atom. The Labute approximate surface area is 88.7 Å². The van der Waals surface area contributed by atoms with Crippen molar-refractivity contribution in [2.24, 2.45) is 0 Å². The number of aromatic nitrogens is 3. The molecule has 0 bridgehead atoms. The molecule has 0 fully saturated rings. The summed E-state index contributed by atoms with van der Waals surface area (Å²) in [6.45, 7) is 3.83. The van der Waals surface area contributed by atoms with Gasteiger partial charge in [0.05, 0.1) is 6.04 Å². The minimum Gasteiger partial charge on any atom is -0.336 e. The molecular formula is C10H14N4O. The number of carbonyl (C=O) groups is 1. The molecule has 5 heteroatoms. The summed E-state index contributed by atoms with van der Waals surface area (Å²) in [5.74, 6) is 2.97. The van der Waals surface area contributed by atoms with E-state index in [1.165, 1.54) is 0 Å². The maximum atomic E-state index is 11.6. The maximum absolute atomic E-state index is 11.6. The molecule has 0 radical (unpaired) electrons. The van der Waals surface area contributed by atoms with Crippen LogP contribution in [0, 0.1) is 12.3 Å². The number of aryl methyl sites for hydroxylation is 1. The maximum Gasteiger partial charge on any atom is 0.291 e. The van der Waals surface area contributed by atoms with Gasteiger partial charge in [-0.1, -0.05) is 19.8 Å². The highest BCUT2D eigenvalue weighted by atomic mass is 16.2. The average Bonchev–Trinajstić information content (AvgIpc) is 2.74. The highest BCUT2D eigenvalue weighted by Crippen LogP contribution is 1.95. The molecule has 5 nitrogen and oxygen atoms in total. The van der Waals surface area contributed by atoms with Gasteiger partial charge in [0, 0.05) is 6.42 Å². The van der Waals surface area contributed by atoms with Gasteiger partial charge in [-0.2, -0.15) is 0 Å². The Balaban J connectivity index is 2.65. The van der Waals surface area contributed by atoms with Crippen molar-refractivity contribution in [1.29, 1.82) is 0 Å². The Morgan fingerprint density at radius 2 is 2.40 bits per heavy atom. The molecule has 1 heterocycles. The smallest absolute Gasteiger partial charge is 0.291 e. The topological polar surface area (TPSA) is 70.7 Å². The average molecular weight is 206 g/mol. The van der Waals surface area contributed by atoms with E-state index < -0.39 is 0 Å². The van der Waals surface area contributed by atoms with Gasteiger partial charge in [-0.3, -0.25) is 9.89 Å². The van der Waals surface area contributed by atoms with Crippen molar-refractivity contribution in [3.05, 3.63) is 11.6 Å². The lowest BCUT2D eigenvalue weighted by Gasteiger charge is -2.07. The summed E-state index contributed by atoms with van der Waals surface area (Å²) in [4.78, 5) is 15.6. The number of amides is 1. The summed E-state index contributed by atoms with van der Waals surface area (Å²) in [5.41, 5.74) is 0. The van der Waals surface area contributed by atoms with Gasteiger partial charge in [-0.15, -0.1) is 11.5 Å². The Bertz CT molecular complexity index is 377. The number of hydrogen-bond acceptors (Lipinski definition) is 3. The molecule has 80 valence electrons. The van der Waals surface area contributed by atoms with Gasteiger partial charge in [0.1, 0.15) is 5.82 Å². The lowest BCUT2D eigenvalue weighted by molar-refractivity contribution is 0.0935. The van der Waals surface area contributed by atoms with Gasteiger partial charge in [-0.25, -0.2) is 4.98 Å². The van der Waals surface area contributed by atoms with E-state index in [4.69, 9.17) is 6.42 Å². The second-order valence-corrected chi connectivity index (χ2v) is 3.06. The van der Waals surface area contributed by atoms with Crippen molar-refractivity contribution in [3.63, 3.8) is 0 Å². The highest BCUT2D eigenvalue weighted by molar-refractivity contribution is 5.90. The second-order valence-electron chi connectivity index (χ2n) is 3.06. The molecule has 1 unspecified atom stereocenters. The van der Waals surface area contributed by atoms with Crippen LogP contribution in [0.1, 0.15) is 36.7 Å². The number of terminal acetylenes is 1. The fourth-order valence-electron chi connectivity index (χ4n) is 1.04. The van der Waals surface area contributed by atoms with E-state index in [0.29, 0.717) is 18.7 Å². The number of H-pyrrole nitrogens is 1. The van der Waals surface area contributed by atoms with Crippen LogP contribution in [-0.2, 0) is 6.42 Å². The molecule has 1 aromatic heterocycles. The molecule has 1 atom stereocenters. The van der Waals surface area contributed by atoms with Crippen LogP contribution in [0.3, 0.4) is 0 Å². The molecular weight excluding hydrogens is 192 g/mol. The first-order chi connectivity index (χ1) is 7.21. The minimum atomic E-state index is -0.337. The molecule has 0 aliphatic heterocycles. The SMILES string of the molecule is C#CC(CC)NC(=O)c1n[nH]c(CC)n1. The van der Waals surface area contributed by atoms with Crippen LogP contribution in [0.2, 0.25) is 0 Å². The zero-order valence-corrected chi connectivity index (χ0v) is 8.87. The molecule has 0 saturated heterocycles. The van der Waals surface area contributed by atoms with Crippen LogP contribution in [0.15, 0.2) is 0 Å². The van der Waals surface area contributed by atoms with Crippen LogP contribution in [-0.4, -0.2) is 27.1 Å². The normalized spacial score (nSPS) is 11.8. The predicted octanol–water partition coefficient (Wildman–Crippen LogP) is 0.509. The monoisotopic (exact) mass is 206 g/mol. The minimum absolute atomic E-state index is 0.139. The fraction of sp³-hybridized carbons (Fsp3) is 0.500. The van der Waals surface area contributed by atoms with E-state index in [0.717, 1.165) is 0 Å². The van der Waals surface area contributed by atoms with Crippen LogP contribution in [0.25, 0.3) is 0 Å². The zero-order chi connectivity index (χ0) is 11.3. The summed E-state index contributed by atoms with van der Waals surface area (Å²) in [6.07, 6.45) is 6.63. The zero-order valence-electron chi connectivity index (χ0n) is 8.87. The number of nitrogens with zero attached hydrogens (tertiary/aromatic N) is 2. The Morgan fingerprint density at radius 1 is 1.67 bits per heavy atom. The standard InChI is InChI=1S/C10H14N4O/c1-4-7(5-2)11-10(15)9-12-8(6-3)13-14-9/h1,7H,5-6H2,2-3H3,(H,11,15)(H,12,13,14). The summed E-state index contributed by atoms with van der Waals surface area (Å²) >= 11 is 0. The lowest BCUT2D eigenvalue weighted by Crippen LogP contribution is -2.33. The fourth-order valence-corrected chi connectivity index (χ4v) is 1.04. The number of hydrogen-bond donors (Lipinski definition) is 2. The molecule has 0 spiro atoms. The van der Waals surface area contributed by atoms with Crippen LogP contribution in [0.4, 0.5) is 0 Å². The van der Waals surface area contributed by atoms with Crippen LogP contribution in [0.5, 0.6) is 0 Å².